The molecule has 0 aliphatic rings. The number of hydrogen-bond donors (Lipinski definition) is 1. The monoisotopic (exact) mass is 348 g/mol. The Bertz CT molecular complexity index is 996. The van der Waals surface area contributed by atoms with E-state index in [1.165, 1.54) is 17.7 Å². The van der Waals surface area contributed by atoms with Gasteiger partial charge in [-0.1, -0.05) is 36.4 Å². The van der Waals surface area contributed by atoms with E-state index in [1.54, 1.807) is 6.20 Å². The van der Waals surface area contributed by atoms with Crippen LogP contribution in [-0.2, 0) is 0 Å². The van der Waals surface area contributed by atoms with Crippen LogP contribution in [0, 0.1) is 0 Å². The summed E-state index contributed by atoms with van der Waals surface area (Å²) >= 11 is 1.33. The quantitative estimate of drug-likeness (QED) is 0.600. The fraction of sp³-hybridized carbons (Fsp3) is 0. The molecule has 3 heterocycles. The van der Waals surface area contributed by atoms with Crippen molar-refractivity contribution in [2.75, 3.05) is 5.32 Å². The van der Waals surface area contributed by atoms with E-state index in [0.717, 1.165) is 11.3 Å². The molecular formula is C18H12N4O2S. The van der Waals surface area contributed by atoms with Crippen molar-refractivity contribution in [3.05, 3.63) is 72.2 Å². The highest BCUT2D eigenvalue weighted by Crippen LogP contribution is 2.26. The Morgan fingerprint density at radius 1 is 1.00 bits per heavy atom. The molecule has 0 saturated carbocycles. The van der Waals surface area contributed by atoms with Crippen LogP contribution >= 0.6 is 11.3 Å². The number of carbonyl (C=O) groups excluding carboxylic acids is 1. The van der Waals surface area contributed by atoms with Crippen LogP contribution in [0.25, 0.3) is 22.7 Å². The lowest BCUT2D eigenvalue weighted by molar-refractivity contribution is 0.102. The number of carbonyl (C=O) groups is 1. The zero-order valence-electron chi connectivity index (χ0n) is 12.9. The number of pyridine rings is 1. The molecule has 0 radical (unpaired) electrons. The second kappa shape index (κ2) is 6.66. The first-order valence-electron chi connectivity index (χ1n) is 7.48. The number of anilines is 1. The van der Waals surface area contributed by atoms with E-state index in [9.17, 15) is 4.79 Å². The van der Waals surface area contributed by atoms with Gasteiger partial charge in [0.15, 0.2) is 23.0 Å². The molecule has 0 spiro atoms. The van der Waals surface area contributed by atoms with E-state index in [2.05, 4.69) is 20.3 Å². The van der Waals surface area contributed by atoms with Crippen molar-refractivity contribution in [3.8, 4) is 22.7 Å². The standard InChI is InChI=1S/C18H12N4O2S/c23-17(15-16(24-11-20-15)12-6-2-1-3-7-12)22-18-21-14(10-25-18)13-8-4-5-9-19-13/h1-11H,(H,21,22,23). The van der Waals surface area contributed by atoms with Gasteiger partial charge in [-0.15, -0.1) is 11.3 Å². The lowest BCUT2D eigenvalue weighted by atomic mass is 10.1. The molecule has 7 heteroatoms. The van der Waals surface area contributed by atoms with Gasteiger partial charge in [-0.3, -0.25) is 15.1 Å². The highest BCUT2D eigenvalue weighted by molar-refractivity contribution is 7.14. The fourth-order valence-corrected chi connectivity index (χ4v) is 3.02. The Morgan fingerprint density at radius 3 is 2.64 bits per heavy atom. The van der Waals surface area contributed by atoms with Crippen molar-refractivity contribution in [2.45, 2.75) is 0 Å². The molecule has 0 aliphatic heterocycles. The highest BCUT2D eigenvalue weighted by Gasteiger charge is 2.19. The van der Waals surface area contributed by atoms with Gasteiger partial charge in [0.2, 0.25) is 0 Å². The van der Waals surface area contributed by atoms with Crippen LogP contribution in [0.1, 0.15) is 10.5 Å². The maximum absolute atomic E-state index is 12.5. The van der Waals surface area contributed by atoms with Gasteiger partial charge >= 0.3 is 0 Å². The van der Waals surface area contributed by atoms with Crippen molar-refractivity contribution >= 4 is 22.4 Å². The predicted octanol–water partition coefficient (Wildman–Crippen LogP) is 4.11. The van der Waals surface area contributed by atoms with Gasteiger partial charge in [-0.2, -0.15) is 0 Å². The summed E-state index contributed by atoms with van der Waals surface area (Å²) < 4.78 is 5.39. The number of aromatic nitrogens is 3. The lowest BCUT2D eigenvalue weighted by Gasteiger charge is -2.01. The van der Waals surface area contributed by atoms with Gasteiger partial charge < -0.3 is 4.42 Å². The molecule has 122 valence electrons. The average Bonchev–Trinajstić information content (AvgIpc) is 3.33. The Hall–Kier alpha value is -3.32. The van der Waals surface area contributed by atoms with Crippen LogP contribution in [0.15, 0.2) is 70.9 Å². The molecule has 0 atom stereocenters. The van der Waals surface area contributed by atoms with Crippen LogP contribution in [0.4, 0.5) is 5.13 Å². The number of oxazole rings is 1. The molecule has 0 unspecified atom stereocenters. The number of hydrogen-bond acceptors (Lipinski definition) is 6. The van der Waals surface area contributed by atoms with Crippen LogP contribution in [0.2, 0.25) is 0 Å². The number of benzene rings is 1. The summed E-state index contributed by atoms with van der Waals surface area (Å²) in [5.41, 5.74) is 2.48. The number of rotatable bonds is 4. The molecule has 0 bridgehead atoms. The topological polar surface area (TPSA) is 80.9 Å². The number of nitrogens with zero attached hydrogens (tertiary/aromatic N) is 3. The maximum atomic E-state index is 12.5. The highest BCUT2D eigenvalue weighted by atomic mass is 32.1. The van der Waals surface area contributed by atoms with Crippen LogP contribution < -0.4 is 5.32 Å². The number of thiazole rings is 1. The Kier molecular flexibility index (Phi) is 4.05. The molecule has 0 fully saturated rings. The Morgan fingerprint density at radius 2 is 1.84 bits per heavy atom. The van der Waals surface area contributed by atoms with E-state index in [0.29, 0.717) is 16.6 Å². The summed E-state index contributed by atoms with van der Waals surface area (Å²) in [5.74, 6) is 0.0640. The van der Waals surface area contributed by atoms with Crippen molar-refractivity contribution in [1.82, 2.24) is 15.0 Å². The molecule has 0 aliphatic carbocycles. The van der Waals surface area contributed by atoms with Crippen LogP contribution in [-0.4, -0.2) is 20.9 Å². The summed E-state index contributed by atoms with van der Waals surface area (Å²) in [6, 6.07) is 15.0. The fourth-order valence-electron chi connectivity index (χ4n) is 2.32. The first-order chi connectivity index (χ1) is 12.3. The van der Waals surface area contributed by atoms with Gasteiger partial charge in [-0.25, -0.2) is 9.97 Å². The van der Waals surface area contributed by atoms with Crippen LogP contribution in [0.3, 0.4) is 0 Å². The van der Waals surface area contributed by atoms with Crippen molar-refractivity contribution < 1.29 is 9.21 Å². The van der Waals surface area contributed by atoms with E-state index < -0.39 is 0 Å². The van der Waals surface area contributed by atoms with E-state index in [4.69, 9.17) is 4.42 Å². The largest absolute Gasteiger partial charge is 0.443 e. The molecule has 25 heavy (non-hydrogen) atoms. The Labute approximate surface area is 147 Å². The lowest BCUT2D eigenvalue weighted by Crippen LogP contribution is -2.13. The van der Waals surface area contributed by atoms with Gasteiger partial charge in [-0.05, 0) is 12.1 Å². The van der Waals surface area contributed by atoms with Gasteiger partial charge in [0.1, 0.15) is 5.69 Å². The zero-order valence-corrected chi connectivity index (χ0v) is 13.7. The van der Waals surface area contributed by atoms with E-state index in [-0.39, 0.29) is 11.6 Å². The summed E-state index contributed by atoms with van der Waals surface area (Å²) in [4.78, 5) is 25.2. The minimum atomic E-state index is -0.366. The van der Waals surface area contributed by atoms with Gasteiger partial charge in [0.25, 0.3) is 5.91 Å². The third-order valence-corrected chi connectivity index (χ3v) is 4.23. The van der Waals surface area contributed by atoms with E-state index >= 15 is 0 Å². The average molecular weight is 348 g/mol. The Balaban J connectivity index is 1.56. The predicted molar refractivity (Wildman–Crippen MR) is 95.2 cm³/mol. The molecule has 0 saturated heterocycles. The minimum Gasteiger partial charge on any atom is -0.443 e. The SMILES string of the molecule is O=C(Nc1nc(-c2ccccn2)cs1)c1ncoc1-c1ccccc1. The molecule has 4 aromatic rings. The van der Waals surface area contributed by atoms with Gasteiger partial charge in [0.05, 0.1) is 5.69 Å². The minimum absolute atomic E-state index is 0.223. The van der Waals surface area contributed by atoms with Crippen molar-refractivity contribution in [3.63, 3.8) is 0 Å². The molecule has 1 amide bonds. The molecule has 3 aromatic heterocycles. The molecule has 1 aromatic carbocycles. The van der Waals surface area contributed by atoms with Crippen LogP contribution in [0.5, 0.6) is 0 Å². The molecule has 4 rings (SSSR count). The first-order valence-corrected chi connectivity index (χ1v) is 8.36. The maximum Gasteiger partial charge on any atom is 0.280 e. The molecular weight excluding hydrogens is 336 g/mol. The number of nitrogens with one attached hydrogen (secondary N) is 1. The summed E-state index contributed by atoms with van der Waals surface area (Å²) in [6.45, 7) is 0. The van der Waals surface area contributed by atoms with Gasteiger partial charge in [0, 0.05) is 17.1 Å². The van der Waals surface area contributed by atoms with E-state index in [1.807, 2.05) is 53.9 Å². The van der Waals surface area contributed by atoms with Crippen molar-refractivity contribution in [1.29, 1.82) is 0 Å². The number of amides is 1. The zero-order chi connectivity index (χ0) is 17.1. The first kappa shape index (κ1) is 15.2. The van der Waals surface area contributed by atoms with Crippen molar-refractivity contribution in [2.24, 2.45) is 0 Å². The second-order valence-electron chi connectivity index (χ2n) is 5.10. The summed E-state index contributed by atoms with van der Waals surface area (Å²) in [7, 11) is 0. The summed E-state index contributed by atoms with van der Waals surface area (Å²) in [6.07, 6.45) is 2.97. The molecule has 6 nitrogen and oxygen atoms in total. The second-order valence-corrected chi connectivity index (χ2v) is 5.96. The normalized spacial score (nSPS) is 10.6. The smallest absolute Gasteiger partial charge is 0.280 e. The molecule has 1 N–H and O–H groups in total. The summed E-state index contributed by atoms with van der Waals surface area (Å²) in [5, 5.41) is 5.09. The third kappa shape index (κ3) is 3.17. The third-order valence-electron chi connectivity index (χ3n) is 3.47.